The van der Waals surface area contributed by atoms with Gasteiger partial charge in [-0.1, -0.05) is 60.7 Å². The van der Waals surface area contributed by atoms with Gasteiger partial charge in [0, 0.05) is 16.7 Å². The number of rotatable bonds is 7. The number of furan rings is 1. The quantitative estimate of drug-likeness (QED) is 0.219. The molecule has 0 saturated heterocycles. The topological polar surface area (TPSA) is 88.1 Å². The third-order valence-electron chi connectivity index (χ3n) is 7.03. The second-order valence-electron chi connectivity index (χ2n) is 9.41. The van der Waals surface area contributed by atoms with E-state index in [1.54, 1.807) is 19.1 Å². The van der Waals surface area contributed by atoms with Crippen LogP contribution < -0.4 is 14.4 Å². The van der Waals surface area contributed by atoms with E-state index in [9.17, 15) is 10.1 Å². The van der Waals surface area contributed by atoms with Gasteiger partial charge in [-0.3, -0.25) is 4.79 Å². The fourth-order valence-electron chi connectivity index (χ4n) is 4.97. The summed E-state index contributed by atoms with van der Waals surface area (Å²) in [6.45, 7) is 0.396. The van der Waals surface area contributed by atoms with Crippen LogP contribution in [0.3, 0.4) is 0 Å². The standard InChI is InChI=1S/C34H25N3O4/c1-39-25-16-12-23(13-17-25)30-28(20-35)33(41-32(30)24-14-18-26(40-2)19-15-24)36-31-27-10-6-7-11-29(27)37(34(31)38)21-22-8-4-3-5-9-22/h3-19H,21H2,1-2H3. The maximum atomic E-state index is 13.8. The summed E-state index contributed by atoms with van der Waals surface area (Å²) in [6, 6.07) is 34.4. The molecule has 7 nitrogen and oxygen atoms in total. The maximum Gasteiger partial charge on any atom is 0.278 e. The van der Waals surface area contributed by atoms with Crippen LogP contribution in [0.25, 0.3) is 22.5 Å². The molecule has 0 unspecified atom stereocenters. The van der Waals surface area contributed by atoms with E-state index in [0.717, 1.165) is 22.4 Å². The second-order valence-corrected chi connectivity index (χ2v) is 9.41. The van der Waals surface area contributed by atoms with Gasteiger partial charge in [-0.05, 0) is 53.6 Å². The summed E-state index contributed by atoms with van der Waals surface area (Å²) in [4.78, 5) is 20.2. The molecule has 200 valence electrons. The van der Waals surface area contributed by atoms with Gasteiger partial charge < -0.3 is 18.8 Å². The lowest BCUT2D eigenvalue weighted by atomic mass is 9.98. The Hall–Kier alpha value is -5.61. The van der Waals surface area contributed by atoms with Crippen molar-refractivity contribution in [1.29, 1.82) is 5.26 Å². The number of hydrogen-bond donors (Lipinski definition) is 0. The highest BCUT2D eigenvalue weighted by molar-refractivity contribution is 6.54. The van der Waals surface area contributed by atoms with Crippen molar-refractivity contribution in [3.05, 3.63) is 120 Å². The van der Waals surface area contributed by atoms with E-state index in [1.165, 1.54) is 0 Å². The monoisotopic (exact) mass is 539 g/mol. The van der Waals surface area contributed by atoms with E-state index in [0.29, 0.717) is 34.9 Å². The van der Waals surface area contributed by atoms with Crippen LogP contribution in [0.15, 0.2) is 113 Å². The molecule has 1 aliphatic heterocycles. The van der Waals surface area contributed by atoms with E-state index in [1.807, 2.05) is 103 Å². The van der Waals surface area contributed by atoms with Gasteiger partial charge >= 0.3 is 0 Å². The number of benzene rings is 4. The molecule has 6 rings (SSSR count). The van der Waals surface area contributed by atoms with Gasteiger partial charge in [0.1, 0.15) is 34.6 Å². The summed E-state index contributed by atoms with van der Waals surface area (Å²) in [6.07, 6.45) is 0. The zero-order valence-electron chi connectivity index (χ0n) is 22.5. The van der Waals surface area contributed by atoms with E-state index in [2.05, 4.69) is 6.07 Å². The molecule has 7 heteroatoms. The molecule has 4 aromatic carbocycles. The number of amides is 1. The summed E-state index contributed by atoms with van der Waals surface area (Å²) in [7, 11) is 3.20. The van der Waals surface area contributed by atoms with Crippen LogP contribution in [0.2, 0.25) is 0 Å². The predicted octanol–water partition coefficient (Wildman–Crippen LogP) is 7.17. The largest absolute Gasteiger partial charge is 0.497 e. The highest BCUT2D eigenvalue weighted by atomic mass is 16.5. The van der Waals surface area contributed by atoms with Crippen LogP contribution in [0.5, 0.6) is 11.5 Å². The van der Waals surface area contributed by atoms with Crippen molar-refractivity contribution in [2.24, 2.45) is 4.99 Å². The van der Waals surface area contributed by atoms with Gasteiger partial charge in [0.15, 0.2) is 0 Å². The third kappa shape index (κ3) is 4.72. The zero-order chi connectivity index (χ0) is 28.3. The van der Waals surface area contributed by atoms with Crippen molar-refractivity contribution in [1.82, 2.24) is 0 Å². The average Bonchev–Trinajstić information content (AvgIpc) is 3.52. The first-order valence-corrected chi connectivity index (χ1v) is 13.0. The molecule has 0 fully saturated rings. The third-order valence-corrected chi connectivity index (χ3v) is 7.03. The molecular weight excluding hydrogens is 514 g/mol. The maximum absolute atomic E-state index is 13.8. The Labute approximate surface area is 237 Å². The first-order valence-electron chi connectivity index (χ1n) is 13.0. The summed E-state index contributed by atoms with van der Waals surface area (Å²) in [5.74, 6) is 1.66. The van der Waals surface area contributed by atoms with Crippen molar-refractivity contribution in [3.8, 4) is 40.0 Å². The van der Waals surface area contributed by atoms with Crippen LogP contribution in [-0.2, 0) is 11.3 Å². The number of hydrogen-bond acceptors (Lipinski definition) is 6. The Bertz CT molecular complexity index is 1800. The molecule has 0 bridgehead atoms. The van der Waals surface area contributed by atoms with Crippen LogP contribution in [0, 0.1) is 11.3 Å². The molecule has 1 aliphatic rings. The Morgan fingerprint density at radius 1 is 0.805 bits per heavy atom. The SMILES string of the molecule is COc1ccc(-c2oc(N=C3C(=O)N(Cc4ccccc4)c4ccccc43)c(C#N)c2-c2ccc(OC)cc2)cc1. The lowest BCUT2D eigenvalue weighted by Crippen LogP contribution is -2.29. The van der Waals surface area contributed by atoms with Crippen LogP contribution in [0.1, 0.15) is 16.7 Å². The summed E-state index contributed by atoms with van der Waals surface area (Å²) in [5.41, 5.74) is 4.98. The summed E-state index contributed by atoms with van der Waals surface area (Å²) in [5, 5.41) is 10.4. The number of anilines is 1. The molecule has 0 atom stereocenters. The van der Waals surface area contributed by atoms with Gasteiger partial charge in [0.25, 0.3) is 5.91 Å². The molecule has 0 saturated carbocycles. The van der Waals surface area contributed by atoms with Crippen molar-refractivity contribution in [2.75, 3.05) is 19.1 Å². The van der Waals surface area contributed by atoms with Crippen molar-refractivity contribution in [3.63, 3.8) is 0 Å². The molecule has 5 aromatic rings. The predicted molar refractivity (Wildman–Crippen MR) is 158 cm³/mol. The number of nitrogens with zero attached hydrogens (tertiary/aromatic N) is 3. The lowest BCUT2D eigenvalue weighted by Gasteiger charge is -2.16. The fourth-order valence-corrected chi connectivity index (χ4v) is 4.97. The molecule has 0 aliphatic carbocycles. The number of ether oxygens (including phenoxy) is 2. The number of carbonyl (C=O) groups excluding carboxylic acids is 1. The van der Waals surface area contributed by atoms with Crippen molar-refractivity contribution < 1.29 is 18.7 Å². The summed E-state index contributed by atoms with van der Waals surface area (Å²) >= 11 is 0. The van der Waals surface area contributed by atoms with Crippen LogP contribution in [-0.4, -0.2) is 25.8 Å². The average molecular weight is 540 g/mol. The number of methoxy groups -OCH3 is 2. The number of para-hydroxylation sites is 1. The second kappa shape index (κ2) is 10.9. The van der Waals surface area contributed by atoms with Crippen molar-refractivity contribution >= 4 is 23.2 Å². The molecule has 41 heavy (non-hydrogen) atoms. The zero-order valence-corrected chi connectivity index (χ0v) is 22.5. The lowest BCUT2D eigenvalue weighted by molar-refractivity contribution is -0.112. The van der Waals surface area contributed by atoms with E-state index in [4.69, 9.17) is 18.9 Å². The van der Waals surface area contributed by atoms with Crippen LogP contribution >= 0.6 is 0 Å². The van der Waals surface area contributed by atoms with Gasteiger partial charge in [-0.15, -0.1) is 0 Å². The smallest absolute Gasteiger partial charge is 0.278 e. The Morgan fingerprint density at radius 3 is 2.05 bits per heavy atom. The number of fused-ring (bicyclic) bond motifs is 1. The Kier molecular flexibility index (Phi) is 6.80. The van der Waals surface area contributed by atoms with Crippen LogP contribution in [0.4, 0.5) is 11.6 Å². The minimum Gasteiger partial charge on any atom is -0.497 e. The number of aliphatic imine (C=N–C) groups is 1. The van der Waals surface area contributed by atoms with E-state index >= 15 is 0 Å². The van der Waals surface area contributed by atoms with E-state index in [-0.39, 0.29) is 23.1 Å². The molecule has 0 spiro atoms. The molecule has 1 aromatic heterocycles. The van der Waals surface area contributed by atoms with Gasteiger partial charge in [0.05, 0.1) is 26.5 Å². The highest BCUT2D eigenvalue weighted by Gasteiger charge is 2.35. The van der Waals surface area contributed by atoms with Gasteiger partial charge in [-0.25, -0.2) is 4.99 Å². The molecule has 1 amide bonds. The highest BCUT2D eigenvalue weighted by Crippen LogP contribution is 2.44. The minimum atomic E-state index is -0.257. The van der Waals surface area contributed by atoms with Gasteiger partial charge in [-0.2, -0.15) is 5.26 Å². The normalized spacial score (nSPS) is 13.2. The Balaban J connectivity index is 1.51. The van der Waals surface area contributed by atoms with Crippen molar-refractivity contribution in [2.45, 2.75) is 6.54 Å². The molecule has 0 N–H and O–H groups in total. The Morgan fingerprint density at radius 2 is 1.41 bits per heavy atom. The molecule has 0 radical (unpaired) electrons. The number of nitriles is 1. The molecular formula is C34H25N3O4. The first kappa shape index (κ1) is 25.7. The van der Waals surface area contributed by atoms with Gasteiger partial charge in [0.2, 0.25) is 5.88 Å². The fraction of sp³-hybridized carbons (Fsp3) is 0.0882. The summed E-state index contributed by atoms with van der Waals surface area (Å²) < 4.78 is 17.0. The first-order chi connectivity index (χ1) is 20.1. The van der Waals surface area contributed by atoms with E-state index < -0.39 is 0 Å². The molecule has 2 heterocycles. The minimum absolute atomic E-state index is 0.0730. The number of carbonyl (C=O) groups is 1.